The summed E-state index contributed by atoms with van der Waals surface area (Å²) < 4.78 is 4.07. The Morgan fingerprint density at radius 1 is 0.853 bits per heavy atom. The molecule has 2 aliphatic heterocycles. The van der Waals surface area contributed by atoms with Gasteiger partial charge in [0.25, 0.3) is 11.8 Å². The Labute approximate surface area is 200 Å². The van der Waals surface area contributed by atoms with Crippen molar-refractivity contribution in [2.45, 2.75) is 13.3 Å². The molecule has 0 aromatic heterocycles. The van der Waals surface area contributed by atoms with Crippen LogP contribution in [0.4, 0.5) is 0 Å². The van der Waals surface area contributed by atoms with Gasteiger partial charge in [0.2, 0.25) is 11.8 Å². The van der Waals surface area contributed by atoms with E-state index >= 15 is 0 Å². The Morgan fingerprint density at radius 3 is 1.62 bits per heavy atom. The van der Waals surface area contributed by atoms with Crippen LogP contribution in [-0.4, -0.2) is 54.6 Å². The molecule has 7 heteroatoms. The fraction of sp³-hybridized carbons (Fsp3) is 0.333. The van der Waals surface area contributed by atoms with Gasteiger partial charge >= 0.3 is 0 Å². The van der Waals surface area contributed by atoms with Crippen molar-refractivity contribution in [3.8, 4) is 24.9 Å². The summed E-state index contributed by atoms with van der Waals surface area (Å²) in [4.78, 5) is 46.5. The average Bonchev–Trinajstić information content (AvgIpc) is 3.60. The zero-order chi connectivity index (χ0) is 25.4. The second-order valence-electron chi connectivity index (χ2n) is 8.14. The first-order chi connectivity index (χ1) is 16.2. The Kier molecular flexibility index (Phi) is 8.98. The molecule has 1 aromatic carbocycles. The van der Waals surface area contributed by atoms with Gasteiger partial charge in [-0.2, -0.15) is 0 Å². The van der Waals surface area contributed by atoms with Crippen LogP contribution in [0.15, 0.2) is 48.6 Å². The number of allylic oxidation sites excluding steroid dienone is 2. The number of hydrogen-bond acceptors (Lipinski definition) is 5. The molecule has 4 aliphatic rings. The van der Waals surface area contributed by atoms with E-state index in [2.05, 4.69) is 29.2 Å². The number of carbonyl (C=O) groups is 4. The monoisotopic (exact) mass is 460 g/mol. The standard InChI is InChI=1S/C10H11NO2.C9H8.C5H5NO2.C3H4O/c1-11-9(12)7-5-2-3-6(4-5)8(7)10(11)13;1-3-9-6-4-8(2)5-7-9;1-6-4(7)2-3-5(6)8;1-3-4-2/h2-3,5-8H,4H2,1H3;1,4-7H,2H3;2-3H,1H3;1H,2H3. The molecule has 7 nitrogen and oxygen atoms in total. The maximum Gasteiger partial charge on any atom is 0.253 e. The zero-order valence-electron chi connectivity index (χ0n) is 19.7. The molecule has 4 amide bonds. The quantitative estimate of drug-likeness (QED) is 0.337. The summed E-state index contributed by atoms with van der Waals surface area (Å²) in [5, 5.41) is 0. The van der Waals surface area contributed by atoms with Crippen molar-refractivity contribution in [2.75, 3.05) is 21.2 Å². The lowest BCUT2D eigenvalue weighted by Gasteiger charge is -2.14. The number of imide groups is 2. The Morgan fingerprint density at radius 2 is 1.29 bits per heavy atom. The lowest BCUT2D eigenvalue weighted by molar-refractivity contribution is -0.139. The number of nitrogens with zero attached hydrogens (tertiary/aromatic N) is 2. The number of likely N-dealkylation sites (N-methyl/N-ethyl adjacent to an activating group) is 1. The topological polar surface area (TPSA) is 84.0 Å². The molecule has 2 fully saturated rings. The summed E-state index contributed by atoms with van der Waals surface area (Å²) in [6, 6.07) is 7.90. The first-order valence-corrected chi connectivity index (χ1v) is 10.7. The molecule has 1 saturated carbocycles. The van der Waals surface area contributed by atoms with Gasteiger partial charge in [-0.1, -0.05) is 42.2 Å². The van der Waals surface area contributed by atoms with Crippen LogP contribution in [-0.2, 0) is 23.9 Å². The number of likely N-dealkylation sites (tertiary alicyclic amines) is 1. The maximum absolute atomic E-state index is 11.7. The number of amides is 4. The van der Waals surface area contributed by atoms with Crippen molar-refractivity contribution in [2.24, 2.45) is 23.7 Å². The molecule has 176 valence electrons. The van der Waals surface area contributed by atoms with Gasteiger partial charge in [0.1, 0.15) is 6.11 Å². The highest BCUT2D eigenvalue weighted by atomic mass is 16.5. The Hall–Kier alpha value is -4.10. The minimum absolute atomic E-state index is 0.0208. The first kappa shape index (κ1) is 26.2. The predicted octanol–water partition coefficient (Wildman–Crippen LogP) is 2.16. The Balaban J connectivity index is 0.000000173. The molecular formula is C27H28N2O5. The number of hydrogen-bond donors (Lipinski definition) is 0. The van der Waals surface area contributed by atoms with Crippen molar-refractivity contribution < 1.29 is 23.9 Å². The van der Waals surface area contributed by atoms with Gasteiger partial charge < -0.3 is 4.74 Å². The molecule has 2 heterocycles. The van der Waals surface area contributed by atoms with E-state index in [1.165, 1.54) is 36.8 Å². The van der Waals surface area contributed by atoms with Crippen LogP contribution in [0, 0.1) is 55.5 Å². The molecule has 4 unspecified atom stereocenters. The number of aryl methyl sites for hydroxylation is 1. The molecule has 2 bridgehead atoms. The van der Waals surface area contributed by atoms with Crippen molar-refractivity contribution >= 4 is 23.6 Å². The first-order valence-electron chi connectivity index (χ1n) is 10.7. The minimum atomic E-state index is -0.241. The van der Waals surface area contributed by atoms with Gasteiger partial charge in [0, 0.05) is 31.8 Å². The zero-order valence-corrected chi connectivity index (χ0v) is 19.7. The van der Waals surface area contributed by atoms with E-state index in [1.807, 2.05) is 37.3 Å². The SMILES string of the molecule is C#COC.C#Cc1ccc(C)cc1.CN1C(=O)C2C3C=CC(C3)C2C1=O.CN1C(=O)C=CC1=O. The fourth-order valence-corrected chi connectivity index (χ4v) is 4.18. The van der Waals surface area contributed by atoms with Crippen LogP contribution in [0.3, 0.4) is 0 Å². The smallest absolute Gasteiger partial charge is 0.253 e. The second kappa shape index (κ2) is 11.7. The number of benzene rings is 1. The van der Waals surface area contributed by atoms with Crippen molar-refractivity contribution in [3.63, 3.8) is 0 Å². The summed E-state index contributed by atoms with van der Waals surface area (Å²) in [7, 11) is 4.49. The predicted molar refractivity (Wildman–Crippen MR) is 127 cm³/mol. The number of ether oxygens (including phenoxy) is 1. The lowest BCUT2D eigenvalue weighted by Crippen LogP contribution is -2.28. The summed E-state index contributed by atoms with van der Waals surface area (Å²) >= 11 is 0. The van der Waals surface area contributed by atoms with Crippen molar-refractivity contribution in [3.05, 3.63) is 59.7 Å². The van der Waals surface area contributed by atoms with Crippen LogP contribution in [0.1, 0.15) is 17.5 Å². The van der Waals surface area contributed by atoms with Gasteiger partial charge in [-0.05, 0) is 37.3 Å². The molecule has 0 N–H and O–H groups in total. The molecule has 0 spiro atoms. The molecule has 2 aliphatic carbocycles. The van der Waals surface area contributed by atoms with Crippen LogP contribution in [0.5, 0.6) is 0 Å². The minimum Gasteiger partial charge on any atom is -0.450 e. The third kappa shape index (κ3) is 5.82. The summed E-state index contributed by atoms with van der Waals surface area (Å²) in [6.07, 6.45) is 19.4. The van der Waals surface area contributed by atoms with Crippen molar-refractivity contribution in [1.82, 2.24) is 9.80 Å². The number of methoxy groups -OCH3 is 1. The van der Waals surface area contributed by atoms with Gasteiger partial charge in [-0.15, -0.1) is 6.42 Å². The normalized spacial score (nSPS) is 24.8. The largest absolute Gasteiger partial charge is 0.450 e. The number of terminal acetylenes is 2. The number of carbonyl (C=O) groups excluding carboxylic acids is 4. The average molecular weight is 461 g/mol. The number of rotatable bonds is 0. The third-order valence-corrected chi connectivity index (χ3v) is 6.06. The third-order valence-electron chi connectivity index (χ3n) is 6.06. The van der Waals surface area contributed by atoms with Gasteiger partial charge in [-0.25, -0.2) is 0 Å². The molecule has 0 radical (unpaired) electrons. The van der Waals surface area contributed by atoms with Crippen LogP contribution < -0.4 is 0 Å². The van der Waals surface area contributed by atoms with E-state index in [0.29, 0.717) is 11.8 Å². The van der Waals surface area contributed by atoms with E-state index in [9.17, 15) is 19.2 Å². The summed E-state index contributed by atoms with van der Waals surface area (Å²) in [6.45, 7) is 2.04. The van der Waals surface area contributed by atoms with Gasteiger partial charge in [-0.3, -0.25) is 29.0 Å². The molecule has 5 rings (SSSR count). The summed E-state index contributed by atoms with van der Waals surface area (Å²) in [5.41, 5.74) is 2.19. The van der Waals surface area contributed by atoms with Crippen LogP contribution in [0.25, 0.3) is 0 Å². The maximum atomic E-state index is 11.7. The van der Waals surface area contributed by atoms with Crippen LogP contribution >= 0.6 is 0 Å². The lowest BCUT2D eigenvalue weighted by atomic mass is 9.85. The fourth-order valence-electron chi connectivity index (χ4n) is 4.18. The molecule has 34 heavy (non-hydrogen) atoms. The molecule has 4 atom stereocenters. The van der Waals surface area contributed by atoms with E-state index in [-0.39, 0.29) is 35.5 Å². The van der Waals surface area contributed by atoms with Crippen LogP contribution in [0.2, 0.25) is 0 Å². The van der Waals surface area contributed by atoms with Crippen molar-refractivity contribution in [1.29, 1.82) is 0 Å². The van der Waals surface area contributed by atoms with Gasteiger partial charge in [0.15, 0.2) is 0 Å². The molecule has 1 aromatic rings. The van der Waals surface area contributed by atoms with E-state index in [0.717, 1.165) is 16.9 Å². The van der Waals surface area contributed by atoms with E-state index < -0.39 is 0 Å². The van der Waals surface area contributed by atoms with Gasteiger partial charge in [0.05, 0.1) is 18.9 Å². The summed E-state index contributed by atoms with van der Waals surface area (Å²) in [5.74, 6) is 2.79. The highest BCUT2D eigenvalue weighted by Crippen LogP contribution is 2.52. The highest BCUT2D eigenvalue weighted by Gasteiger charge is 2.58. The van der Waals surface area contributed by atoms with E-state index in [4.69, 9.17) is 6.42 Å². The molecule has 1 saturated heterocycles. The highest BCUT2D eigenvalue weighted by molar-refractivity contribution is 6.12. The van der Waals surface area contributed by atoms with E-state index in [1.54, 1.807) is 7.05 Å². The Bertz CT molecular complexity index is 1040. The number of fused-ring (bicyclic) bond motifs is 5. The molecular weight excluding hydrogens is 432 g/mol. The second-order valence-corrected chi connectivity index (χ2v) is 8.14.